The van der Waals surface area contributed by atoms with Crippen LogP contribution < -0.4 is 5.32 Å². The molecule has 1 heterocycles. The predicted octanol–water partition coefficient (Wildman–Crippen LogP) is 3.88. The first-order chi connectivity index (χ1) is 9.99. The van der Waals surface area contributed by atoms with Gasteiger partial charge in [-0.25, -0.2) is 8.78 Å². The monoisotopic (exact) mass is 296 g/mol. The number of piperidine rings is 1. The van der Waals surface area contributed by atoms with Crippen LogP contribution in [0.2, 0.25) is 0 Å². The van der Waals surface area contributed by atoms with Crippen molar-refractivity contribution in [3.8, 4) is 0 Å². The average Bonchev–Trinajstić information content (AvgIpc) is 2.45. The molecule has 118 valence electrons. The molecule has 1 aliphatic rings. The van der Waals surface area contributed by atoms with Crippen molar-refractivity contribution in [3.05, 3.63) is 35.4 Å². The van der Waals surface area contributed by atoms with Gasteiger partial charge in [-0.15, -0.1) is 0 Å². The molecule has 2 unspecified atom stereocenters. The number of hydrogen-bond acceptors (Lipinski definition) is 2. The first-order valence-electron chi connectivity index (χ1n) is 7.93. The molecular weight excluding hydrogens is 270 g/mol. The van der Waals surface area contributed by atoms with Crippen LogP contribution in [0.5, 0.6) is 0 Å². The van der Waals surface area contributed by atoms with Crippen molar-refractivity contribution in [2.75, 3.05) is 13.1 Å². The van der Waals surface area contributed by atoms with Gasteiger partial charge in [0.2, 0.25) is 0 Å². The van der Waals surface area contributed by atoms with Gasteiger partial charge >= 0.3 is 0 Å². The van der Waals surface area contributed by atoms with E-state index < -0.39 is 11.6 Å². The molecule has 21 heavy (non-hydrogen) atoms. The van der Waals surface area contributed by atoms with Crippen LogP contribution in [-0.2, 0) is 0 Å². The largest absolute Gasteiger partial charge is 0.313 e. The van der Waals surface area contributed by atoms with Gasteiger partial charge in [-0.2, -0.15) is 0 Å². The molecular formula is C17H26F2N2. The Morgan fingerprint density at radius 3 is 2.57 bits per heavy atom. The van der Waals surface area contributed by atoms with E-state index in [1.807, 2.05) is 6.92 Å². The van der Waals surface area contributed by atoms with E-state index in [1.165, 1.54) is 25.3 Å². The van der Waals surface area contributed by atoms with E-state index in [4.69, 9.17) is 0 Å². The number of benzene rings is 1. The maximum Gasteiger partial charge on any atom is 0.130 e. The minimum atomic E-state index is -0.520. The summed E-state index contributed by atoms with van der Waals surface area (Å²) in [5.41, 5.74) is 0.570. The topological polar surface area (TPSA) is 15.3 Å². The first kappa shape index (κ1) is 16.4. The van der Waals surface area contributed by atoms with Crippen LogP contribution in [0.3, 0.4) is 0 Å². The molecule has 2 rings (SSSR count). The van der Waals surface area contributed by atoms with Crippen LogP contribution >= 0.6 is 0 Å². The molecule has 0 bridgehead atoms. The summed E-state index contributed by atoms with van der Waals surface area (Å²) in [7, 11) is 0. The SMILES string of the molecule is CC(C)N(CC1CCCCN1)C(C)c1ccc(F)cc1F. The van der Waals surface area contributed by atoms with Crippen molar-refractivity contribution in [3.63, 3.8) is 0 Å². The number of nitrogens with one attached hydrogen (secondary N) is 1. The van der Waals surface area contributed by atoms with Crippen molar-refractivity contribution in [2.24, 2.45) is 0 Å². The Labute approximate surface area is 126 Å². The third-order valence-electron chi connectivity index (χ3n) is 4.42. The smallest absolute Gasteiger partial charge is 0.130 e. The third-order valence-corrected chi connectivity index (χ3v) is 4.42. The van der Waals surface area contributed by atoms with Gasteiger partial charge in [-0.1, -0.05) is 12.5 Å². The molecule has 1 aliphatic heterocycles. The molecule has 1 aromatic rings. The van der Waals surface area contributed by atoms with E-state index in [0.29, 0.717) is 17.6 Å². The van der Waals surface area contributed by atoms with Crippen LogP contribution in [0.25, 0.3) is 0 Å². The highest BCUT2D eigenvalue weighted by atomic mass is 19.1. The molecule has 0 aliphatic carbocycles. The highest BCUT2D eigenvalue weighted by molar-refractivity contribution is 5.22. The highest BCUT2D eigenvalue weighted by Gasteiger charge is 2.25. The lowest BCUT2D eigenvalue weighted by Crippen LogP contribution is -2.46. The summed E-state index contributed by atoms with van der Waals surface area (Å²) in [5.74, 6) is -0.974. The molecule has 0 amide bonds. The van der Waals surface area contributed by atoms with Gasteiger partial charge in [-0.05, 0) is 46.2 Å². The van der Waals surface area contributed by atoms with Gasteiger partial charge in [0.05, 0.1) is 0 Å². The van der Waals surface area contributed by atoms with Crippen LogP contribution in [0, 0.1) is 11.6 Å². The first-order valence-corrected chi connectivity index (χ1v) is 7.93. The molecule has 4 heteroatoms. The number of nitrogens with zero attached hydrogens (tertiary/aromatic N) is 1. The van der Waals surface area contributed by atoms with Crippen LogP contribution in [-0.4, -0.2) is 30.1 Å². The highest BCUT2D eigenvalue weighted by Crippen LogP contribution is 2.26. The van der Waals surface area contributed by atoms with Crippen LogP contribution in [0.15, 0.2) is 18.2 Å². The standard InChI is InChI=1S/C17H26F2N2/c1-12(2)21(11-15-6-4-5-9-20-15)13(3)16-8-7-14(18)10-17(16)19/h7-8,10,12-13,15,20H,4-6,9,11H2,1-3H3. The number of hydrogen-bond donors (Lipinski definition) is 1. The van der Waals surface area contributed by atoms with E-state index in [1.54, 1.807) is 6.07 Å². The zero-order valence-corrected chi connectivity index (χ0v) is 13.2. The molecule has 1 aromatic carbocycles. The molecule has 0 aromatic heterocycles. The Morgan fingerprint density at radius 1 is 1.24 bits per heavy atom. The Balaban J connectivity index is 2.12. The fourth-order valence-electron chi connectivity index (χ4n) is 3.17. The number of halogens is 2. The van der Waals surface area contributed by atoms with E-state index in [-0.39, 0.29) is 6.04 Å². The van der Waals surface area contributed by atoms with E-state index >= 15 is 0 Å². The average molecular weight is 296 g/mol. The lowest BCUT2D eigenvalue weighted by atomic mass is 10.0. The molecule has 2 nitrogen and oxygen atoms in total. The van der Waals surface area contributed by atoms with Crippen molar-refractivity contribution < 1.29 is 8.78 Å². The summed E-state index contributed by atoms with van der Waals surface area (Å²) in [6, 6.07) is 4.60. The maximum atomic E-state index is 14.0. The van der Waals surface area contributed by atoms with Crippen LogP contribution in [0.1, 0.15) is 51.6 Å². The van der Waals surface area contributed by atoms with Gasteiger partial charge in [0, 0.05) is 36.3 Å². The fourth-order valence-corrected chi connectivity index (χ4v) is 3.17. The van der Waals surface area contributed by atoms with Crippen molar-refractivity contribution in [1.29, 1.82) is 0 Å². The minimum Gasteiger partial charge on any atom is -0.313 e. The van der Waals surface area contributed by atoms with E-state index in [9.17, 15) is 8.78 Å². The quantitative estimate of drug-likeness (QED) is 0.887. The van der Waals surface area contributed by atoms with E-state index in [2.05, 4.69) is 24.1 Å². The third kappa shape index (κ3) is 4.24. The Kier molecular flexibility index (Phi) is 5.71. The Hall–Kier alpha value is -1.00. The lowest BCUT2D eigenvalue weighted by molar-refractivity contribution is 0.135. The fraction of sp³-hybridized carbons (Fsp3) is 0.647. The van der Waals surface area contributed by atoms with Gasteiger partial charge < -0.3 is 5.32 Å². The Morgan fingerprint density at radius 2 is 2.00 bits per heavy atom. The van der Waals surface area contributed by atoms with Gasteiger partial charge in [0.25, 0.3) is 0 Å². The van der Waals surface area contributed by atoms with Crippen molar-refractivity contribution in [2.45, 2.75) is 58.2 Å². The van der Waals surface area contributed by atoms with Crippen LogP contribution in [0.4, 0.5) is 8.78 Å². The molecule has 0 radical (unpaired) electrons. The summed E-state index contributed by atoms with van der Waals surface area (Å²) in [6.07, 6.45) is 3.66. The molecule has 0 spiro atoms. The molecule has 1 fully saturated rings. The summed E-state index contributed by atoms with van der Waals surface area (Å²) in [5, 5.41) is 3.54. The van der Waals surface area contributed by atoms with Gasteiger partial charge in [0.1, 0.15) is 11.6 Å². The Bertz CT molecular complexity index is 456. The summed E-state index contributed by atoms with van der Waals surface area (Å²) in [6.45, 7) is 8.21. The summed E-state index contributed by atoms with van der Waals surface area (Å²) >= 11 is 0. The second-order valence-electron chi connectivity index (χ2n) is 6.28. The minimum absolute atomic E-state index is 0.0608. The van der Waals surface area contributed by atoms with Gasteiger partial charge in [0.15, 0.2) is 0 Å². The summed E-state index contributed by atoms with van der Waals surface area (Å²) < 4.78 is 27.1. The second kappa shape index (κ2) is 7.32. The van der Waals surface area contributed by atoms with Crippen molar-refractivity contribution >= 4 is 0 Å². The lowest BCUT2D eigenvalue weighted by Gasteiger charge is -2.37. The second-order valence-corrected chi connectivity index (χ2v) is 6.28. The number of rotatable bonds is 5. The van der Waals surface area contributed by atoms with Crippen molar-refractivity contribution in [1.82, 2.24) is 10.2 Å². The summed E-state index contributed by atoms with van der Waals surface area (Å²) in [4.78, 5) is 2.29. The molecule has 2 atom stereocenters. The molecule has 0 saturated carbocycles. The van der Waals surface area contributed by atoms with Gasteiger partial charge in [-0.3, -0.25) is 4.90 Å². The predicted molar refractivity (Wildman–Crippen MR) is 82.3 cm³/mol. The zero-order chi connectivity index (χ0) is 15.4. The molecule has 1 saturated heterocycles. The van der Waals surface area contributed by atoms with E-state index in [0.717, 1.165) is 19.2 Å². The zero-order valence-electron chi connectivity index (χ0n) is 13.2. The maximum absolute atomic E-state index is 14.0. The molecule has 1 N–H and O–H groups in total. The normalized spacial score (nSPS) is 21.0.